The number of ether oxygens (including phenoxy) is 1. The summed E-state index contributed by atoms with van der Waals surface area (Å²) < 4.78 is 5.07. The van der Waals surface area contributed by atoms with Gasteiger partial charge in [-0.05, 0) is 0 Å². The number of hydrogen-bond acceptors (Lipinski definition) is 3. The minimum atomic E-state index is -0.577. The summed E-state index contributed by atoms with van der Waals surface area (Å²) in [5.74, 6) is -1.07. The van der Waals surface area contributed by atoms with Crippen molar-refractivity contribution in [1.29, 1.82) is 0 Å². The molecule has 0 bridgehead atoms. The van der Waals surface area contributed by atoms with Gasteiger partial charge in [-0.3, -0.25) is 9.59 Å². The summed E-state index contributed by atoms with van der Waals surface area (Å²) in [5.41, 5.74) is 0. The molecule has 0 aliphatic carbocycles. The molecule has 0 radical (unpaired) electrons. The summed E-state index contributed by atoms with van der Waals surface area (Å²) in [6.07, 6.45) is 1.53. The van der Waals surface area contributed by atoms with Crippen LogP contribution in [0.3, 0.4) is 0 Å². The molecule has 0 aromatic carbocycles. The fourth-order valence-electron chi connectivity index (χ4n) is 1.15. The number of rotatable bonds is 2. The average Bonchev–Trinajstić information content (AvgIpc) is 2.26. The van der Waals surface area contributed by atoms with E-state index >= 15 is 0 Å². The molecule has 0 saturated carbocycles. The average molecular weight is 198 g/mol. The Hall–Kier alpha value is -1.36. The van der Waals surface area contributed by atoms with Gasteiger partial charge in [0.1, 0.15) is 0 Å². The van der Waals surface area contributed by atoms with Gasteiger partial charge in [-0.1, -0.05) is 6.08 Å². The molecular weight excluding hydrogens is 184 g/mol. The Morgan fingerprint density at radius 1 is 1.43 bits per heavy atom. The second-order valence-corrected chi connectivity index (χ2v) is 2.90. The Morgan fingerprint density at radius 2 is 2.07 bits per heavy atom. The number of nitrogens with one attached hydrogen (secondary N) is 1. The monoisotopic (exact) mass is 198 g/mol. The molecule has 0 aromatic rings. The summed E-state index contributed by atoms with van der Waals surface area (Å²) in [6.45, 7) is 5.73. The summed E-state index contributed by atoms with van der Waals surface area (Å²) in [5, 5.41) is 2.44. The Morgan fingerprint density at radius 3 is 2.64 bits per heavy atom. The first-order valence-corrected chi connectivity index (χ1v) is 4.51. The highest BCUT2D eigenvalue weighted by Crippen LogP contribution is 1.97. The molecule has 5 nitrogen and oxygen atoms in total. The molecule has 0 spiro atoms. The van der Waals surface area contributed by atoms with Crippen LogP contribution in [0.5, 0.6) is 0 Å². The lowest BCUT2D eigenvalue weighted by Gasteiger charge is -2.25. The standard InChI is InChI=1S/C9H14N2O3/c1-2-3-10-8(12)9(13)11-4-6-14-7-5-11/h2H,1,3-7H2,(H,10,12). The molecule has 1 saturated heterocycles. The molecule has 5 heteroatoms. The highest BCUT2D eigenvalue weighted by atomic mass is 16.5. The zero-order valence-electron chi connectivity index (χ0n) is 7.99. The zero-order valence-corrected chi connectivity index (χ0v) is 7.99. The number of nitrogens with zero attached hydrogens (tertiary/aromatic N) is 1. The fourth-order valence-corrected chi connectivity index (χ4v) is 1.15. The first-order valence-electron chi connectivity index (χ1n) is 4.51. The number of amides is 2. The van der Waals surface area contributed by atoms with Gasteiger partial charge in [0.05, 0.1) is 13.2 Å². The van der Waals surface area contributed by atoms with Gasteiger partial charge >= 0.3 is 11.8 Å². The third kappa shape index (κ3) is 2.85. The summed E-state index contributed by atoms with van der Waals surface area (Å²) in [7, 11) is 0. The van der Waals surface area contributed by atoms with Crippen LogP contribution in [-0.2, 0) is 14.3 Å². The maximum absolute atomic E-state index is 11.4. The van der Waals surface area contributed by atoms with E-state index in [2.05, 4.69) is 11.9 Å². The lowest BCUT2D eigenvalue weighted by Crippen LogP contribution is -2.47. The minimum absolute atomic E-state index is 0.314. The zero-order chi connectivity index (χ0) is 10.4. The predicted molar refractivity (Wildman–Crippen MR) is 50.6 cm³/mol. The Kier molecular flexibility index (Phi) is 4.12. The molecule has 0 atom stereocenters. The van der Waals surface area contributed by atoms with Gasteiger partial charge < -0.3 is 15.0 Å². The van der Waals surface area contributed by atoms with Crippen molar-refractivity contribution in [1.82, 2.24) is 10.2 Å². The van der Waals surface area contributed by atoms with Crippen LogP contribution in [0.1, 0.15) is 0 Å². The van der Waals surface area contributed by atoms with Crippen LogP contribution in [0.15, 0.2) is 12.7 Å². The van der Waals surface area contributed by atoms with Crippen molar-refractivity contribution in [2.75, 3.05) is 32.8 Å². The maximum atomic E-state index is 11.4. The molecule has 0 aromatic heterocycles. The van der Waals surface area contributed by atoms with Gasteiger partial charge in [-0.25, -0.2) is 0 Å². The molecule has 78 valence electrons. The van der Waals surface area contributed by atoms with Gasteiger partial charge in [-0.15, -0.1) is 6.58 Å². The van der Waals surface area contributed by atoms with Crippen molar-refractivity contribution in [2.24, 2.45) is 0 Å². The van der Waals surface area contributed by atoms with Crippen molar-refractivity contribution in [3.05, 3.63) is 12.7 Å². The van der Waals surface area contributed by atoms with Crippen LogP contribution in [0, 0.1) is 0 Å². The second kappa shape index (κ2) is 5.39. The van der Waals surface area contributed by atoms with Crippen molar-refractivity contribution in [2.45, 2.75) is 0 Å². The molecule has 1 rings (SSSR count). The van der Waals surface area contributed by atoms with Crippen LogP contribution in [-0.4, -0.2) is 49.6 Å². The Balaban J connectivity index is 2.38. The first-order chi connectivity index (χ1) is 6.75. The van der Waals surface area contributed by atoms with E-state index in [1.807, 2.05) is 0 Å². The third-order valence-corrected chi connectivity index (χ3v) is 1.90. The van der Waals surface area contributed by atoms with Crippen molar-refractivity contribution in [3.63, 3.8) is 0 Å². The van der Waals surface area contributed by atoms with E-state index in [0.29, 0.717) is 32.8 Å². The van der Waals surface area contributed by atoms with Gasteiger partial charge in [0.2, 0.25) is 0 Å². The lowest BCUT2D eigenvalue weighted by molar-refractivity contribution is -0.148. The van der Waals surface area contributed by atoms with E-state index in [9.17, 15) is 9.59 Å². The molecule has 14 heavy (non-hydrogen) atoms. The largest absolute Gasteiger partial charge is 0.378 e. The molecule has 0 unspecified atom stereocenters. The first kappa shape index (κ1) is 10.7. The molecule has 1 fully saturated rings. The smallest absolute Gasteiger partial charge is 0.312 e. The highest BCUT2D eigenvalue weighted by molar-refractivity contribution is 6.35. The van der Waals surface area contributed by atoms with E-state index in [-0.39, 0.29) is 0 Å². The fraction of sp³-hybridized carbons (Fsp3) is 0.556. The summed E-state index contributed by atoms with van der Waals surface area (Å²) in [4.78, 5) is 24.1. The van der Waals surface area contributed by atoms with Gasteiger partial charge in [-0.2, -0.15) is 0 Å². The van der Waals surface area contributed by atoms with Crippen molar-refractivity contribution >= 4 is 11.8 Å². The van der Waals surface area contributed by atoms with E-state index in [1.54, 1.807) is 0 Å². The van der Waals surface area contributed by atoms with Crippen LogP contribution >= 0.6 is 0 Å². The second-order valence-electron chi connectivity index (χ2n) is 2.90. The predicted octanol–water partition coefficient (Wildman–Crippen LogP) is -0.853. The number of carbonyl (C=O) groups excluding carboxylic acids is 2. The van der Waals surface area contributed by atoms with Gasteiger partial charge in [0.25, 0.3) is 0 Å². The van der Waals surface area contributed by atoms with Crippen LogP contribution in [0.2, 0.25) is 0 Å². The lowest BCUT2D eigenvalue weighted by atomic mass is 10.4. The van der Waals surface area contributed by atoms with E-state index in [1.165, 1.54) is 11.0 Å². The molecule has 1 aliphatic rings. The maximum Gasteiger partial charge on any atom is 0.312 e. The quantitative estimate of drug-likeness (QED) is 0.464. The summed E-state index contributed by atoms with van der Waals surface area (Å²) in [6, 6.07) is 0. The normalized spacial score (nSPS) is 16.1. The minimum Gasteiger partial charge on any atom is -0.378 e. The highest BCUT2D eigenvalue weighted by Gasteiger charge is 2.22. The Labute approximate surface area is 82.7 Å². The Bertz CT molecular complexity index is 234. The van der Waals surface area contributed by atoms with Gasteiger partial charge in [0.15, 0.2) is 0 Å². The molecule has 1 aliphatic heterocycles. The van der Waals surface area contributed by atoms with Gasteiger partial charge in [0, 0.05) is 19.6 Å². The topological polar surface area (TPSA) is 58.6 Å². The SMILES string of the molecule is C=CCNC(=O)C(=O)N1CCOCC1. The molecule has 2 amide bonds. The van der Waals surface area contributed by atoms with Crippen LogP contribution < -0.4 is 5.32 Å². The number of carbonyl (C=O) groups is 2. The van der Waals surface area contributed by atoms with Crippen LogP contribution in [0.25, 0.3) is 0 Å². The van der Waals surface area contributed by atoms with E-state index in [0.717, 1.165) is 0 Å². The molecule has 1 N–H and O–H groups in total. The van der Waals surface area contributed by atoms with Crippen LogP contribution in [0.4, 0.5) is 0 Å². The molecule has 1 heterocycles. The third-order valence-electron chi connectivity index (χ3n) is 1.90. The number of morpholine rings is 1. The number of hydrogen-bond donors (Lipinski definition) is 1. The molecular formula is C9H14N2O3. The van der Waals surface area contributed by atoms with E-state index in [4.69, 9.17) is 4.74 Å². The van der Waals surface area contributed by atoms with Crippen molar-refractivity contribution in [3.8, 4) is 0 Å². The van der Waals surface area contributed by atoms with Crippen molar-refractivity contribution < 1.29 is 14.3 Å². The summed E-state index contributed by atoms with van der Waals surface area (Å²) >= 11 is 0. The van der Waals surface area contributed by atoms with E-state index < -0.39 is 11.8 Å².